The normalized spacial score (nSPS) is 35.3. The average Bonchev–Trinajstić information content (AvgIpc) is 2.27. The number of fused-ring (bicyclic) bond motifs is 2. The van der Waals surface area contributed by atoms with Gasteiger partial charge in [0.05, 0.1) is 0 Å². The van der Waals surface area contributed by atoms with Crippen LogP contribution in [0.25, 0.3) is 0 Å². The molecule has 3 rings (SSSR count). The van der Waals surface area contributed by atoms with Crippen LogP contribution in [0.4, 0.5) is 0 Å². The molecule has 0 spiro atoms. The first-order valence-corrected chi connectivity index (χ1v) is 6.83. The van der Waals surface area contributed by atoms with Gasteiger partial charge in [-0.1, -0.05) is 13.8 Å². The molecular formula is C14H26ClNO3. The first-order valence-electron chi connectivity index (χ1n) is 6.83. The summed E-state index contributed by atoms with van der Waals surface area (Å²) in [7, 11) is 3.87. The number of nitrogens with zero attached hydrogens (tertiary/aromatic N) is 1. The molecule has 3 unspecified atom stereocenters. The molecule has 0 aliphatic heterocycles. The molecule has 5 heteroatoms. The van der Waals surface area contributed by atoms with Crippen molar-refractivity contribution in [1.29, 1.82) is 0 Å². The quantitative estimate of drug-likeness (QED) is 0.801. The minimum atomic E-state index is -1.25. The summed E-state index contributed by atoms with van der Waals surface area (Å²) < 4.78 is 5.25. The summed E-state index contributed by atoms with van der Waals surface area (Å²) in [5.41, 5.74) is -1.17. The van der Waals surface area contributed by atoms with Crippen LogP contribution in [-0.2, 0) is 9.53 Å². The molecule has 0 heterocycles. The Labute approximate surface area is 121 Å². The van der Waals surface area contributed by atoms with E-state index in [0.29, 0.717) is 25.5 Å². The lowest BCUT2D eigenvalue weighted by molar-refractivity contribution is -0.222. The summed E-state index contributed by atoms with van der Waals surface area (Å²) in [5.74, 6) is 0.313. The van der Waals surface area contributed by atoms with Gasteiger partial charge >= 0.3 is 5.97 Å². The van der Waals surface area contributed by atoms with Gasteiger partial charge in [-0.2, -0.15) is 0 Å². The first-order chi connectivity index (χ1) is 8.28. The maximum Gasteiger partial charge on any atom is 0.338 e. The van der Waals surface area contributed by atoms with Crippen LogP contribution in [0.5, 0.6) is 0 Å². The first kappa shape index (κ1) is 16.7. The van der Waals surface area contributed by atoms with Gasteiger partial charge in [0.15, 0.2) is 5.60 Å². The second-order valence-electron chi connectivity index (χ2n) is 6.71. The lowest BCUT2D eigenvalue weighted by Gasteiger charge is -2.62. The molecule has 19 heavy (non-hydrogen) atoms. The largest absolute Gasteiger partial charge is 0.462 e. The fraction of sp³-hybridized carbons (Fsp3) is 0.929. The van der Waals surface area contributed by atoms with E-state index in [1.807, 2.05) is 19.0 Å². The van der Waals surface area contributed by atoms with E-state index in [4.69, 9.17) is 4.74 Å². The lowest BCUT2D eigenvalue weighted by atomic mass is 9.44. The van der Waals surface area contributed by atoms with Crippen LogP contribution in [0.2, 0.25) is 0 Å². The summed E-state index contributed by atoms with van der Waals surface area (Å²) in [6, 6.07) is 0. The highest BCUT2D eigenvalue weighted by Gasteiger charge is 2.64. The van der Waals surface area contributed by atoms with Crippen molar-refractivity contribution in [2.24, 2.45) is 17.3 Å². The van der Waals surface area contributed by atoms with Crippen LogP contribution in [0.1, 0.15) is 33.1 Å². The van der Waals surface area contributed by atoms with E-state index in [9.17, 15) is 9.90 Å². The third-order valence-electron chi connectivity index (χ3n) is 5.05. The maximum atomic E-state index is 12.1. The number of carbonyl (C=O) groups is 1. The lowest BCUT2D eigenvalue weighted by Crippen LogP contribution is -2.65. The second-order valence-corrected chi connectivity index (χ2v) is 6.71. The van der Waals surface area contributed by atoms with Gasteiger partial charge in [-0.25, -0.2) is 4.79 Å². The van der Waals surface area contributed by atoms with E-state index in [-0.39, 0.29) is 23.7 Å². The highest BCUT2D eigenvalue weighted by Crippen LogP contribution is 2.62. The zero-order valence-corrected chi connectivity index (χ0v) is 13.1. The van der Waals surface area contributed by atoms with E-state index < -0.39 is 11.6 Å². The number of ether oxygens (including phenoxy) is 1. The summed E-state index contributed by atoms with van der Waals surface area (Å²) in [6.07, 6.45) is 2.46. The summed E-state index contributed by atoms with van der Waals surface area (Å²) >= 11 is 0. The van der Waals surface area contributed by atoms with E-state index in [1.165, 1.54) is 0 Å². The molecule has 0 radical (unpaired) electrons. The second kappa shape index (κ2) is 5.58. The van der Waals surface area contributed by atoms with Crippen LogP contribution in [0.15, 0.2) is 0 Å². The fourth-order valence-electron chi connectivity index (χ4n) is 3.57. The van der Waals surface area contributed by atoms with Crippen LogP contribution in [-0.4, -0.2) is 48.8 Å². The molecule has 0 aromatic rings. The van der Waals surface area contributed by atoms with Gasteiger partial charge in [0.2, 0.25) is 0 Å². The number of carbonyl (C=O) groups excluding carboxylic acids is 1. The molecule has 4 nitrogen and oxygen atoms in total. The molecule has 112 valence electrons. The zero-order valence-electron chi connectivity index (χ0n) is 12.3. The van der Waals surface area contributed by atoms with Crippen LogP contribution in [0, 0.1) is 17.3 Å². The molecule has 2 bridgehead atoms. The molecule has 1 N–H and O–H groups in total. The predicted octanol–water partition coefficient (Wildman–Crippen LogP) is 1.70. The Morgan fingerprint density at radius 2 is 2.05 bits per heavy atom. The molecule has 3 aliphatic carbocycles. The minimum absolute atomic E-state index is 0. The molecule has 3 saturated carbocycles. The van der Waals surface area contributed by atoms with Crippen LogP contribution < -0.4 is 0 Å². The van der Waals surface area contributed by atoms with Gasteiger partial charge in [-0.3, -0.25) is 0 Å². The molecule has 0 saturated heterocycles. The molecule has 3 fully saturated rings. The topological polar surface area (TPSA) is 49.8 Å². The number of hydrogen-bond donors (Lipinski definition) is 1. The van der Waals surface area contributed by atoms with E-state index in [0.717, 1.165) is 12.8 Å². The number of likely N-dealkylation sites (N-methyl/N-ethyl adjacent to an activating group) is 1. The smallest absolute Gasteiger partial charge is 0.338 e. The van der Waals surface area contributed by atoms with E-state index in [1.54, 1.807) is 0 Å². The van der Waals surface area contributed by atoms with Crippen molar-refractivity contribution in [1.82, 2.24) is 4.90 Å². The summed E-state index contributed by atoms with van der Waals surface area (Å²) in [4.78, 5) is 14.1. The van der Waals surface area contributed by atoms with Gasteiger partial charge in [-0.05, 0) is 44.7 Å². The molecule has 0 aromatic carbocycles. The summed E-state index contributed by atoms with van der Waals surface area (Å²) in [6.45, 7) is 5.36. The van der Waals surface area contributed by atoms with Crippen molar-refractivity contribution in [2.75, 3.05) is 27.2 Å². The molecule has 3 atom stereocenters. The van der Waals surface area contributed by atoms with Gasteiger partial charge < -0.3 is 14.7 Å². The van der Waals surface area contributed by atoms with E-state index >= 15 is 0 Å². The Morgan fingerprint density at radius 3 is 2.53 bits per heavy atom. The van der Waals surface area contributed by atoms with Crippen molar-refractivity contribution in [3.63, 3.8) is 0 Å². The third kappa shape index (κ3) is 2.76. The SMILES string of the molecule is CN(C)CCOC(=O)C1(O)CCC2CC1C2(C)C.Cl. The Bertz CT molecular complexity index is 344. The summed E-state index contributed by atoms with van der Waals surface area (Å²) in [5, 5.41) is 10.7. The molecule has 0 amide bonds. The minimum Gasteiger partial charge on any atom is -0.462 e. The Hall–Kier alpha value is -0.320. The number of rotatable bonds is 4. The van der Waals surface area contributed by atoms with Gasteiger partial charge in [0.1, 0.15) is 6.61 Å². The maximum absolute atomic E-state index is 12.1. The van der Waals surface area contributed by atoms with Gasteiger partial charge in [0, 0.05) is 12.5 Å². The molecule has 0 aromatic heterocycles. The standard InChI is InChI=1S/C14H25NO3.ClH/c1-13(2)10-5-6-14(17,11(13)9-10)12(16)18-8-7-15(3)4;/h10-11,17H,5-9H2,1-4H3;1H. The highest BCUT2D eigenvalue weighted by molar-refractivity contribution is 5.85. The van der Waals surface area contributed by atoms with Gasteiger partial charge in [0.25, 0.3) is 0 Å². The Kier molecular flexibility index (Phi) is 4.92. The third-order valence-corrected chi connectivity index (χ3v) is 5.05. The van der Waals surface area contributed by atoms with Crippen LogP contribution in [0.3, 0.4) is 0 Å². The number of esters is 1. The number of halogens is 1. The van der Waals surface area contributed by atoms with Crippen molar-refractivity contribution >= 4 is 18.4 Å². The highest BCUT2D eigenvalue weighted by atomic mass is 35.5. The number of hydrogen-bond acceptors (Lipinski definition) is 4. The fourth-order valence-corrected chi connectivity index (χ4v) is 3.57. The molecular weight excluding hydrogens is 266 g/mol. The van der Waals surface area contributed by atoms with Crippen LogP contribution >= 0.6 is 12.4 Å². The number of aliphatic hydroxyl groups is 1. The van der Waals surface area contributed by atoms with E-state index in [2.05, 4.69) is 13.8 Å². The van der Waals surface area contributed by atoms with Gasteiger partial charge in [-0.15, -0.1) is 12.4 Å². The molecule has 3 aliphatic rings. The predicted molar refractivity (Wildman–Crippen MR) is 76.3 cm³/mol. The van der Waals surface area contributed by atoms with Crippen molar-refractivity contribution in [3.05, 3.63) is 0 Å². The Balaban J connectivity index is 0.00000180. The van der Waals surface area contributed by atoms with Crippen molar-refractivity contribution in [2.45, 2.75) is 38.7 Å². The Morgan fingerprint density at radius 1 is 1.42 bits per heavy atom. The zero-order chi connectivity index (χ0) is 13.6. The monoisotopic (exact) mass is 291 g/mol. The van der Waals surface area contributed by atoms with Crippen molar-refractivity contribution in [3.8, 4) is 0 Å². The average molecular weight is 292 g/mol. The van der Waals surface area contributed by atoms with Crippen molar-refractivity contribution < 1.29 is 14.6 Å².